The third-order valence-electron chi connectivity index (χ3n) is 3.61. The molecule has 0 aliphatic carbocycles. The van der Waals surface area contributed by atoms with Gasteiger partial charge >= 0.3 is 0 Å². The first-order chi connectivity index (χ1) is 11.5. The maximum atomic E-state index is 12.5. The monoisotopic (exact) mass is 390 g/mol. The molecule has 1 amide bonds. The van der Waals surface area contributed by atoms with E-state index in [1.807, 2.05) is 6.07 Å². The molecule has 0 unspecified atom stereocenters. The van der Waals surface area contributed by atoms with Gasteiger partial charge < -0.3 is 5.32 Å². The summed E-state index contributed by atoms with van der Waals surface area (Å²) in [5, 5.41) is 7.23. The molecule has 0 aliphatic rings. The molecule has 1 N–H and O–H groups in total. The number of amides is 1. The Hall–Kier alpha value is -2.55. The first-order valence-corrected chi connectivity index (χ1v) is 8.03. The van der Waals surface area contributed by atoms with Gasteiger partial charge in [-0.15, -0.1) is 0 Å². The van der Waals surface area contributed by atoms with Crippen LogP contribution in [-0.4, -0.2) is 30.2 Å². The lowest BCUT2D eigenvalue weighted by molar-refractivity contribution is -0.122. The largest absolute Gasteiger partial charge is 0.345 e. The molecule has 0 spiro atoms. The minimum atomic E-state index is -0.316. The molecule has 0 bridgehead atoms. The Labute approximate surface area is 145 Å². The van der Waals surface area contributed by atoms with Crippen LogP contribution >= 0.6 is 15.9 Å². The molecule has 0 saturated carbocycles. The number of carbonyl (C=O) groups is 1. The van der Waals surface area contributed by atoms with Crippen LogP contribution in [0.2, 0.25) is 0 Å². The Kier molecular flexibility index (Phi) is 4.43. The minimum absolute atomic E-state index is 0.115. The van der Waals surface area contributed by atoms with Crippen LogP contribution in [0.3, 0.4) is 0 Å². The van der Waals surface area contributed by atoms with Crippen LogP contribution in [0.5, 0.6) is 0 Å². The average Bonchev–Trinajstić information content (AvgIpc) is 2.97. The first-order valence-electron chi connectivity index (χ1n) is 7.23. The van der Waals surface area contributed by atoms with Crippen molar-refractivity contribution in [3.8, 4) is 0 Å². The molecule has 2 heterocycles. The smallest absolute Gasteiger partial charge is 0.261 e. The van der Waals surface area contributed by atoms with Gasteiger partial charge in [0.25, 0.3) is 5.56 Å². The average molecular weight is 391 g/mol. The number of hydrogen-bond donors (Lipinski definition) is 1. The molecule has 24 heavy (non-hydrogen) atoms. The molecule has 1 aromatic carbocycles. The molecular weight excluding hydrogens is 376 g/mol. The number of aromatic nitrogens is 5. The highest BCUT2D eigenvalue weighted by Gasteiger charge is 2.15. The van der Waals surface area contributed by atoms with E-state index in [9.17, 15) is 9.59 Å². The van der Waals surface area contributed by atoms with E-state index in [2.05, 4.69) is 36.3 Å². The van der Waals surface area contributed by atoms with Gasteiger partial charge in [0.05, 0.1) is 23.3 Å². The van der Waals surface area contributed by atoms with E-state index in [-0.39, 0.29) is 24.1 Å². The molecule has 0 aliphatic heterocycles. The standard InChI is InChI=1S/C15H15BrN6O2/c1-9(14-17-7-19-21(14)2)20-13(23)6-22-8-18-12-4-3-10(16)5-11(12)15(22)24/h3-5,7-9H,6H2,1-2H3,(H,20,23)/t9-/m0/s1. The topological polar surface area (TPSA) is 94.7 Å². The van der Waals surface area contributed by atoms with Gasteiger partial charge in [-0.2, -0.15) is 5.10 Å². The molecule has 3 aromatic rings. The Balaban J connectivity index is 1.79. The van der Waals surface area contributed by atoms with Crippen LogP contribution in [0.1, 0.15) is 18.8 Å². The normalized spacial score (nSPS) is 12.3. The van der Waals surface area contributed by atoms with Gasteiger partial charge in [-0.25, -0.2) is 9.97 Å². The first kappa shape index (κ1) is 16.3. The van der Waals surface area contributed by atoms with E-state index >= 15 is 0 Å². The fourth-order valence-corrected chi connectivity index (χ4v) is 2.81. The summed E-state index contributed by atoms with van der Waals surface area (Å²) in [6.07, 6.45) is 2.80. The van der Waals surface area contributed by atoms with E-state index < -0.39 is 0 Å². The quantitative estimate of drug-likeness (QED) is 0.721. The molecule has 9 heteroatoms. The van der Waals surface area contributed by atoms with E-state index in [4.69, 9.17) is 0 Å². The van der Waals surface area contributed by atoms with Crippen molar-refractivity contribution in [3.63, 3.8) is 0 Å². The summed E-state index contributed by atoms with van der Waals surface area (Å²) in [6, 6.07) is 4.94. The zero-order valence-corrected chi connectivity index (χ0v) is 14.7. The van der Waals surface area contributed by atoms with Crippen molar-refractivity contribution >= 4 is 32.7 Å². The van der Waals surface area contributed by atoms with Crippen LogP contribution in [0.25, 0.3) is 10.9 Å². The maximum Gasteiger partial charge on any atom is 0.261 e. The third-order valence-corrected chi connectivity index (χ3v) is 4.10. The molecule has 0 fully saturated rings. The number of nitrogens with one attached hydrogen (secondary N) is 1. The summed E-state index contributed by atoms with van der Waals surface area (Å²) in [4.78, 5) is 33.0. The Morgan fingerprint density at radius 3 is 2.88 bits per heavy atom. The number of fused-ring (bicyclic) bond motifs is 1. The molecule has 8 nitrogen and oxygen atoms in total. The zero-order valence-electron chi connectivity index (χ0n) is 13.1. The number of halogens is 1. The lowest BCUT2D eigenvalue weighted by Gasteiger charge is -2.13. The van der Waals surface area contributed by atoms with Crippen molar-refractivity contribution in [1.82, 2.24) is 29.6 Å². The molecule has 0 saturated heterocycles. The van der Waals surface area contributed by atoms with Crippen molar-refractivity contribution < 1.29 is 4.79 Å². The van der Waals surface area contributed by atoms with Crippen molar-refractivity contribution in [2.75, 3.05) is 0 Å². The van der Waals surface area contributed by atoms with Crippen LogP contribution in [0.4, 0.5) is 0 Å². The predicted octanol–water partition coefficient (Wildman–Crippen LogP) is 1.16. The van der Waals surface area contributed by atoms with Gasteiger partial charge in [0.2, 0.25) is 5.91 Å². The van der Waals surface area contributed by atoms with Crippen molar-refractivity contribution in [2.24, 2.45) is 7.05 Å². The zero-order chi connectivity index (χ0) is 17.3. The second kappa shape index (κ2) is 6.52. The molecule has 1 atom stereocenters. The van der Waals surface area contributed by atoms with E-state index in [1.165, 1.54) is 17.2 Å². The fourth-order valence-electron chi connectivity index (χ4n) is 2.45. The molecule has 3 rings (SSSR count). The maximum absolute atomic E-state index is 12.5. The lowest BCUT2D eigenvalue weighted by atomic mass is 10.2. The fraction of sp³-hybridized carbons (Fsp3) is 0.267. The SMILES string of the molecule is C[C@H](NC(=O)Cn1cnc2ccc(Br)cc2c1=O)c1ncnn1C. The summed E-state index contributed by atoms with van der Waals surface area (Å²) in [6.45, 7) is 1.69. The van der Waals surface area contributed by atoms with Crippen molar-refractivity contribution in [3.05, 3.63) is 51.5 Å². The second-order valence-corrected chi connectivity index (χ2v) is 6.29. The number of hydrogen-bond acceptors (Lipinski definition) is 5. The lowest BCUT2D eigenvalue weighted by Crippen LogP contribution is -2.34. The molecule has 124 valence electrons. The van der Waals surface area contributed by atoms with Crippen LogP contribution < -0.4 is 10.9 Å². The Morgan fingerprint density at radius 2 is 2.17 bits per heavy atom. The van der Waals surface area contributed by atoms with Gasteiger partial charge in [0, 0.05) is 11.5 Å². The number of carbonyl (C=O) groups excluding carboxylic acids is 1. The highest BCUT2D eigenvalue weighted by molar-refractivity contribution is 9.10. The number of benzene rings is 1. The van der Waals surface area contributed by atoms with Crippen LogP contribution in [-0.2, 0) is 18.4 Å². The summed E-state index contributed by atoms with van der Waals surface area (Å²) < 4.78 is 3.66. The number of aryl methyl sites for hydroxylation is 1. The predicted molar refractivity (Wildman–Crippen MR) is 91.3 cm³/mol. The van der Waals surface area contributed by atoms with Gasteiger partial charge in [0.15, 0.2) is 0 Å². The summed E-state index contributed by atoms with van der Waals surface area (Å²) in [7, 11) is 1.75. The summed E-state index contributed by atoms with van der Waals surface area (Å²) in [5.74, 6) is 0.333. The minimum Gasteiger partial charge on any atom is -0.345 e. The summed E-state index contributed by atoms with van der Waals surface area (Å²) >= 11 is 3.33. The third kappa shape index (κ3) is 3.21. The summed E-state index contributed by atoms with van der Waals surface area (Å²) in [5.41, 5.74) is 0.329. The van der Waals surface area contributed by atoms with E-state index in [0.717, 1.165) is 4.47 Å². The van der Waals surface area contributed by atoms with E-state index in [1.54, 1.807) is 30.8 Å². The second-order valence-electron chi connectivity index (χ2n) is 5.37. The number of nitrogens with zero attached hydrogens (tertiary/aromatic N) is 5. The highest BCUT2D eigenvalue weighted by atomic mass is 79.9. The molecular formula is C15H15BrN6O2. The van der Waals surface area contributed by atoms with E-state index in [0.29, 0.717) is 16.7 Å². The van der Waals surface area contributed by atoms with Gasteiger partial charge in [-0.1, -0.05) is 15.9 Å². The Morgan fingerprint density at radius 1 is 1.38 bits per heavy atom. The highest BCUT2D eigenvalue weighted by Crippen LogP contribution is 2.14. The number of rotatable bonds is 4. The van der Waals surface area contributed by atoms with Crippen LogP contribution in [0, 0.1) is 0 Å². The van der Waals surface area contributed by atoms with Crippen molar-refractivity contribution in [2.45, 2.75) is 19.5 Å². The molecule has 0 radical (unpaired) electrons. The van der Waals surface area contributed by atoms with Gasteiger partial charge in [0.1, 0.15) is 18.7 Å². The molecule has 2 aromatic heterocycles. The van der Waals surface area contributed by atoms with Gasteiger partial charge in [-0.05, 0) is 25.1 Å². The van der Waals surface area contributed by atoms with Crippen LogP contribution in [0.15, 0.2) is 40.1 Å². The Bertz CT molecular complexity index is 964. The van der Waals surface area contributed by atoms with Crippen molar-refractivity contribution in [1.29, 1.82) is 0 Å². The van der Waals surface area contributed by atoms with Gasteiger partial charge in [-0.3, -0.25) is 18.8 Å².